The van der Waals surface area contributed by atoms with E-state index in [2.05, 4.69) is 12.2 Å². The van der Waals surface area contributed by atoms with Crippen molar-refractivity contribution in [3.8, 4) is 0 Å². The van der Waals surface area contributed by atoms with Crippen LogP contribution in [0, 0.1) is 5.92 Å². The minimum absolute atomic E-state index is 0.316. The molecule has 0 spiro atoms. The molecule has 0 saturated carbocycles. The molecule has 0 radical (unpaired) electrons. The minimum atomic E-state index is -3.04. The number of nitrogens with zero attached hydrogens (tertiary/aromatic N) is 1. The van der Waals surface area contributed by atoms with Crippen LogP contribution < -0.4 is 5.32 Å². The largest absolute Gasteiger partial charge is 0.380 e. The summed E-state index contributed by atoms with van der Waals surface area (Å²) >= 11 is 0. The lowest BCUT2D eigenvalue weighted by Crippen LogP contribution is -2.42. The molecule has 2 atom stereocenters. The Morgan fingerprint density at radius 1 is 1.47 bits per heavy atom. The van der Waals surface area contributed by atoms with Gasteiger partial charge in [0, 0.05) is 25.7 Å². The van der Waals surface area contributed by atoms with Gasteiger partial charge in [0.1, 0.15) is 0 Å². The van der Waals surface area contributed by atoms with Gasteiger partial charge >= 0.3 is 0 Å². The first kappa shape index (κ1) is 16.9. The van der Waals surface area contributed by atoms with Crippen LogP contribution in [0.5, 0.6) is 0 Å². The van der Waals surface area contributed by atoms with Crippen molar-refractivity contribution in [1.29, 1.82) is 0 Å². The zero-order valence-electron chi connectivity index (χ0n) is 12.4. The molecule has 0 aromatic carbocycles. The van der Waals surface area contributed by atoms with Gasteiger partial charge in [0.25, 0.3) is 0 Å². The third-order valence-corrected chi connectivity index (χ3v) is 4.91. The number of rotatable bonds is 8. The highest BCUT2D eigenvalue weighted by molar-refractivity contribution is 7.88. The third kappa shape index (κ3) is 6.21. The number of likely N-dealkylation sites (N-methyl/N-ethyl adjacent to an activating group) is 1. The minimum Gasteiger partial charge on any atom is -0.380 e. The summed E-state index contributed by atoms with van der Waals surface area (Å²) in [4.78, 5) is 0. The molecule has 0 aromatic rings. The summed E-state index contributed by atoms with van der Waals surface area (Å²) in [6.07, 6.45) is 5.38. The monoisotopic (exact) mass is 292 g/mol. The Hall–Kier alpha value is -0.170. The van der Waals surface area contributed by atoms with Gasteiger partial charge in [-0.3, -0.25) is 0 Å². The van der Waals surface area contributed by atoms with Gasteiger partial charge in [0.05, 0.1) is 12.9 Å². The Morgan fingerprint density at radius 3 is 2.79 bits per heavy atom. The maximum absolute atomic E-state index is 11.6. The van der Waals surface area contributed by atoms with Crippen LogP contribution in [-0.4, -0.2) is 58.4 Å². The van der Waals surface area contributed by atoms with Gasteiger partial charge in [-0.15, -0.1) is 0 Å². The topological polar surface area (TPSA) is 58.6 Å². The summed E-state index contributed by atoms with van der Waals surface area (Å²) in [6, 6.07) is 0.316. The fraction of sp³-hybridized carbons (Fsp3) is 1.00. The first-order chi connectivity index (χ1) is 8.97. The second kappa shape index (κ2) is 8.19. The van der Waals surface area contributed by atoms with Crippen molar-refractivity contribution in [1.82, 2.24) is 9.62 Å². The number of hydrogen-bond acceptors (Lipinski definition) is 4. The standard InChI is InChI=1S/C13H28N2O3S/c1-4-8-18-11-13(14-2)9-12-6-5-7-15(10-12)19(3,16)17/h12-14H,4-11H2,1-3H3. The molecule has 114 valence electrons. The van der Waals surface area contributed by atoms with E-state index in [1.54, 1.807) is 4.31 Å². The van der Waals surface area contributed by atoms with Gasteiger partial charge in [-0.1, -0.05) is 6.92 Å². The van der Waals surface area contributed by atoms with Gasteiger partial charge in [-0.25, -0.2) is 12.7 Å². The fourth-order valence-corrected chi connectivity index (χ4v) is 3.50. The lowest BCUT2D eigenvalue weighted by atomic mass is 9.92. The number of nitrogens with one attached hydrogen (secondary N) is 1. The third-order valence-electron chi connectivity index (χ3n) is 3.64. The van der Waals surface area contributed by atoms with Crippen molar-refractivity contribution in [3.63, 3.8) is 0 Å². The molecule has 0 aliphatic carbocycles. The number of ether oxygens (including phenoxy) is 1. The highest BCUT2D eigenvalue weighted by Gasteiger charge is 2.27. The zero-order valence-corrected chi connectivity index (χ0v) is 13.2. The molecule has 0 bridgehead atoms. The van der Waals surface area contributed by atoms with E-state index in [4.69, 9.17) is 4.74 Å². The van der Waals surface area contributed by atoms with E-state index in [-0.39, 0.29) is 0 Å². The predicted octanol–water partition coefficient (Wildman–Crippen LogP) is 1.06. The predicted molar refractivity (Wildman–Crippen MR) is 77.7 cm³/mol. The maximum Gasteiger partial charge on any atom is 0.211 e. The smallest absolute Gasteiger partial charge is 0.211 e. The molecule has 1 aliphatic rings. The zero-order chi connectivity index (χ0) is 14.3. The number of piperidine rings is 1. The summed E-state index contributed by atoms with van der Waals surface area (Å²) in [5.41, 5.74) is 0. The SMILES string of the molecule is CCCOCC(CC1CCCN(S(C)(=O)=O)C1)NC. The average Bonchev–Trinajstić information content (AvgIpc) is 2.37. The van der Waals surface area contributed by atoms with Crippen LogP contribution in [0.15, 0.2) is 0 Å². The molecular formula is C13H28N2O3S. The van der Waals surface area contributed by atoms with Crippen LogP contribution in [0.1, 0.15) is 32.6 Å². The molecule has 2 unspecified atom stereocenters. The van der Waals surface area contributed by atoms with Gasteiger partial charge in [-0.2, -0.15) is 0 Å². The molecule has 6 heteroatoms. The van der Waals surface area contributed by atoms with Gasteiger partial charge in [-0.05, 0) is 38.6 Å². The van der Waals surface area contributed by atoms with Gasteiger partial charge < -0.3 is 10.1 Å². The van der Waals surface area contributed by atoms with E-state index in [0.717, 1.165) is 32.3 Å². The Balaban J connectivity index is 2.41. The Bertz CT molecular complexity index is 346. The first-order valence-corrected chi connectivity index (χ1v) is 9.02. The summed E-state index contributed by atoms with van der Waals surface area (Å²) in [5, 5.41) is 3.27. The molecule has 1 heterocycles. The second-order valence-electron chi connectivity index (χ2n) is 5.43. The molecule has 1 rings (SSSR count). The molecular weight excluding hydrogens is 264 g/mol. The average molecular weight is 292 g/mol. The molecule has 1 fully saturated rings. The number of hydrogen-bond donors (Lipinski definition) is 1. The van der Waals surface area contributed by atoms with Gasteiger partial charge in [0.15, 0.2) is 0 Å². The number of sulfonamides is 1. The van der Waals surface area contributed by atoms with Crippen LogP contribution in [0.4, 0.5) is 0 Å². The van der Waals surface area contributed by atoms with Crippen LogP contribution >= 0.6 is 0 Å². The van der Waals surface area contributed by atoms with Crippen molar-refractivity contribution in [3.05, 3.63) is 0 Å². The van der Waals surface area contributed by atoms with Crippen molar-refractivity contribution < 1.29 is 13.2 Å². The summed E-state index contributed by atoms with van der Waals surface area (Å²) in [6.45, 7) is 4.92. The molecule has 0 aromatic heterocycles. The quantitative estimate of drug-likeness (QED) is 0.680. The molecule has 19 heavy (non-hydrogen) atoms. The molecule has 1 saturated heterocycles. The molecule has 5 nitrogen and oxygen atoms in total. The van der Waals surface area contributed by atoms with Crippen molar-refractivity contribution in [2.24, 2.45) is 5.92 Å². The van der Waals surface area contributed by atoms with E-state index in [0.29, 0.717) is 31.7 Å². The van der Waals surface area contributed by atoms with E-state index in [1.807, 2.05) is 7.05 Å². The highest BCUT2D eigenvalue weighted by Crippen LogP contribution is 2.22. The van der Waals surface area contributed by atoms with Crippen LogP contribution in [-0.2, 0) is 14.8 Å². The van der Waals surface area contributed by atoms with E-state index < -0.39 is 10.0 Å². The second-order valence-corrected chi connectivity index (χ2v) is 7.41. The van der Waals surface area contributed by atoms with Crippen molar-refractivity contribution in [2.75, 3.05) is 39.6 Å². The highest BCUT2D eigenvalue weighted by atomic mass is 32.2. The summed E-state index contributed by atoms with van der Waals surface area (Å²) in [5.74, 6) is 0.436. The lowest BCUT2D eigenvalue weighted by molar-refractivity contribution is 0.101. The lowest BCUT2D eigenvalue weighted by Gasteiger charge is -2.32. The van der Waals surface area contributed by atoms with Crippen molar-refractivity contribution in [2.45, 2.75) is 38.6 Å². The Kier molecular flexibility index (Phi) is 7.28. The summed E-state index contributed by atoms with van der Waals surface area (Å²) in [7, 11) is -1.10. The van der Waals surface area contributed by atoms with Crippen molar-refractivity contribution >= 4 is 10.0 Å². The molecule has 1 aliphatic heterocycles. The maximum atomic E-state index is 11.6. The Labute approximate surface area is 117 Å². The normalized spacial score (nSPS) is 23.4. The van der Waals surface area contributed by atoms with E-state index >= 15 is 0 Å². The van der Waals surface area contributed by atoms with Gasteiger partial charge in [0.2, 0.25) is 10.0 Å². The first-order valence-electron chi connectivity index (χ1n) is 7.17. The molecule has 0 amide bonds. The van der Waals surface area contributed by atoms with E-state index in [9.17, 15) is 8.42 Å². The van der Waals surface area contributed by atoms with Crippen LogP contribution in [0.3, 0.4) is 0 Å². The van der Waals surface area contributed by atoms with E-state index in [1.165, 1.54) is 6.26 Å². The van der Waals surface area contributed by atoms with Crippen LogP contribution in [0.25, 0.3) is 0 Å². The van der Waals surface area contributed by atoms with Crippen LogP contribution in [0.2, 0.25) is 0 Å². The molecule has 1 N–H and O–H groups in total. The Morgan fingerprint density at radius 2 is 2.21 bits per heavy atom. The summed E-state index contributed by atoms with van der Waals surface area (Å²) < 4.78 is 30.4. The fourth-order valence-electron chi connectivity index (χ4n) is 2.56.